The molecule has 0 spiro atoms. The molecule has 0 bridgehead atoms. The minimum absolute atomic E-state index is 0.0811. The molecule has 38 heavy (non-hydrogen) atoms. The van der Waals surface area contributed by atoms with E-state index in [1.54, 1.807) is 4.31 Å². The fourth-order valence-corrected chi connectivity index (χ4v) is 6.66. The van der Waals surface area contributed by atoms with Gasteiger partial charge in [0.05, 0.1) is 6.26 Å². The number of nitrogens with two attached hydrogens (primary N) is 1. The lowest BCUT2D eigenvalue weighted by Gasteiger charge is -2.31. The number of nitrogens with one attached hydrogen (secondary N) is 2. The second kappa shape index (κ2) is 11.1. The molecule has 3 aromatic rings. The summed E-state index contributed by atoms with van der Waals surface area (Å²) in [5.74, 6) is 0.491. The van der Waals surface area contributed by atoms with Crippen LogP contribution in [0.1, 0.15) is 42.9 Å². The molecule has 0 saturated carbocycles. The van der Waals surface area contributed by atoms with E-state index in [0.717, 1.165) is 65.5 Å². The third-order valence-electron chi connectivity index (χ3n) is 7.77. The van der Waals surface area contributed by atoms with Crippen LogP contribution in [0.2, 0.25) is 0 Å². The van der Waals surface area contributed by atoms with E-state index in [2.05, 4.69) is 45.7 Å². The summed E-state index contributed by atoms with van der Waals surface area (Å²) in [6.07, 6.45) is 6.51. The summed E-state index contributed by atoms with van der Waals surface area (Å²) in [6.45, 7) is 3.36. The quantitative estimate of drug-likeness (QED) is 0.370. The molecule has 8 nitrogen and oxygen atoms in total. The van der Waals surface area contributed by atoms with Crippen LogP contribution in [0.3, 0.4) is 0 Å². The molecule has 2 aromatic carbocycles. The highest BCUT2D eigenvalue weighted by molar-refractivity contribution is 7.88. The molecule has 0 aliphatic carbocycles. The number of thiocarbonyl (C=S) groups is 1. The Hall–Kier alpha value is -2.79. The van der Waals surface area contributed by atoms with E-state index in [-0.39, 0.29) is 11.9 Å². The molecule has 2 aliphatic rings. The van der Waals surface area contributed by atoms with Gasteiger partial charge in [0.15, 0.2) is 0 Å². The predicted molar refractivity (Wildman–Crippen MR) is 155 cm³/mol. The van der Waals surface area contributed by atoms with Crippen molar-refractivity contribution in [3.63, 3.8) is 0 Å². The lowest BCUT2D eigenvalue weighted by atomic mass is 10.0. The maximum Gasteiger partial charge on any atom is 0.220 e. The van der Waals surface area contributed by atoms with Gasteiger partial charge in [0.1, 0.15) is 4.99 Å². The van der Waals surface area contributed by atoms with Crippen LogP contribution in [0.25, 0.3) is 22.0 Å². The number of carbonyl (C=O) groups excluding carboxylic acids is 1. The average molecular weight is 554 g/mol. The zero-order chi connectivity index (χ0) is 26.9. The molecule has 2 aliphatic heterocycles. The topological polar surface area (TPSA) is 109 Å². The van der Waals surface area contributed by atoms with Crippen LogP contribution in [-0.2, 0) is 21.4 Å². The van der Waals surface area contributed by atoms with Crippen molar-refractivity contribution in [3.05, 3.63) is 59.8 Å². The summed E-state index contributed by atoms with van der Waals surface area (Å²) in [7, 11) is -3.20. The van der Waals surface area contributed by atoms with E-state index < -0.39 is 10.0 Å². The zero-order valence-corrected chi connectivity index (χ0v) is 23.3. The smallest absolute Gasteiger partial charge is 0.220 e. The highest BCUT2D eigenvalue weighted by Crippen LogP contribution is 2.36. The zero-order valence-electron chi connectivity index (χ0n) is 21.7. The monoisotopic (exact) mass is 553 g/mol. The van der Waals surface area contributed by atoms with E-state index in [1.807, 2.05) is 18.2 Å². The number of piperidine rings is 1. The normalized spacial score (nSPS) is 19.1. The number of benzene rings is 2. The maximum atomic E-state index is 12.5. The van der Waals surface area contributed by atoms with Gasteiger partial charge in [-0.3, -0.25) is 4.79 Å². The minimum Gasteiger partial charge on any atom is -0.389 e. The molecule has 1 atom stereocenters. The van der Waals surface area contributed by atoms with Crippen LogP contribution >= 0.6 is 12.2 Å². The van der Waals surface area contributed by atoms with Gasteiger partial charge in [-0.15, -0.1) is 0 Å². The molecule has 1 amide bonds. The van der Waals surface area contributed by atoms with E-state index >= 15 is 0 Å². The van der Waals surface area contributed by atoms with E-state index in [0.29, 0.717) is 37.0 Å². The van der Waals surface area contributed by atoms with Gasteiger partial charge >= 0.3 is 0 Å². The molecule has 0 radical (unpaired) electrons. The molecule has 1 aromatic heterocycles. The van der Waals surface area contributed by atoms with Crippen molar-refractivity contribution in [3.8, 4) is 11.1 Å². The number of sulfonamides is 1. The van der Waals surface area contributed by atoms with Gasteiger partial charge in [0.2, 0.25) is 15.9 Å². The van der Waals surface area contributed by atoms with Crippen molar-refractivity contribution in [1.29, 1.82) is 0 Å². The molecule has 2 saturated heterocycles. The van der Waals surface area contributed by atoms with Crippen LogP contribution in [-0.4, -0.2) is 60.6 Å². The lowest BCUT2D eigenvalue weighted by molar-refractivity contribution is -0.122. The Morgan fingerprint density at radius 2 is 1.95 bits per heavy atom. The number of nitrogens with zero attached hydrogens (tertiary/aromatic N) is 2. The first-order valence-corrected chi connectivity index (χ1v) is 15.4. The summed E-state index contributed by atoms with van der Waals surface area (Å²) in [4.78, 5) is 12.9. The number of rotatable bonds is 8. The van der Waals surface area contributed by atoms with Crippen molar-refractivity contribution in [2.75, 3.05) is 32.4 Å². The molecule has 1 unspecified atom stereocenters. The molecule has 4 N–H and O–H groups in total. The number of hydrogen-bond acceptors (Lipinski definition) is 5. The largest absolute Gasteiger partial charge is 0.389 e. The second-order valence-corrected chi connectivity index (χ2v) is 12.9. The summed E-state index contributed by atoms with van der Waals surface area (Å²) in [6, 6.07) is 14.4. The number of aromatic nitrogens is 1. The molecule has 3 heterocycles. The third kappa shape index (κ3) is 5.93. The van der Waals surface area contributed by atoms with Gasteiger partial charge in [-0.1, -0.05) is 42.5 Å². The van der Waals surface area contributed by atoms with Gasteiger partial charge in [0, 0.05) is 60.3 Å². The van der Waals surface area contributed by atoms with Gasteiger partial charge < -0.3 is 20.9 Å². The van der Waals surface area contributed by atoms with Crippen LogP contribution in [0, 0.1) is 5.92 Å². The summed E-state index contributed by atoms with van der Waals surface area (Å²) >= 11 is 5.21. The Bertz CT molecular complexity index is 1450. The molecule has 202 valence electrons. The van der Waals surface area contributed by atoms with Gasteiger partial charge in [0.25, 0.3) is 0 Å². The SMILES string of the molecule is CS(=O)(=O)N1CCC(n2cc(-c3cccc(C(N)=S)c3)c3ccc(CNC(=O)CC4CCNC4)cc32)CC1. The van der Waals surface area contributed by atoms with Crippen molar-refractivity contribution in [2.24, 2.45) is 11.7 Å². The summed E-state index contributed by atoms with van der Waals surface area (Å²) in [5.41, 5.74) is 10.9. The Labute approximate surface area is 229 Å². The Morgan fingerprint density at radius 1 is 1.16 bits per heavy atom. The molecule has 10 heteroatoms. The van der Waals surface area contributed by atoms with E-state index in [4.69, 9.17) is 18.0 Å². The lowest BCUT2D eigenvalue weighted by Crippen LogP contribution is -2.38. The Morgan fingerprint density at radius 3 is 2.63 bits per heavy atom. The average Bonchev–Trinajstić information content (AvgIpc) is 3.55. The summed E-state index contributed by atoms with van der Waals surface area (Å²) in [5, 5.41) is 7.50. The van der Waals surface area contributed by atoms with Crippen LogP contribution in [0.5, 0.6) is 0 Å². The van der Waals surface area contributed by atoms with Crippen molar-refractivity contribution in [1.82, 2.24) is 19.5 Å². The van der Waals surface area contributed by atoms with Crippen molar-refractivity contribution in [2.45, 2.75) is 38.3 Å². The van der Waals surface area contributed by atoms with Crippen LogP contribution in [0.4, 0.5) is 0 Å². The van der Waals surface area contributed by atoms with Crippen molar-refractivity contribution < 1.29 is 13.2 Å². The first-order valence-electron chi connectivity index (χ1n) is 13.2. The van der Waals surface area contributed by atoms with Crippen LogP contribution in [0.15, 0.2) is 48.7 Å². The van der Waals surface area contributed by atoms with Crippen molar-refractivity contribution >= 4 is 44.0 Å². The fourth-order valence-electron chi connectivity index (χ4n) is 5.65. The van der Waals surface area contributed by atoms with Gasteiger partial charge in [-0.25, -0.2) is 12.7 Å². The molecule has 2 fully saturated rings. The Balaban J connectivity index is 1.45. The predicted octanol–water partition coefficient (Wildman–Crippen LogP) is 3.15. The number of fused-ring (bicyclic) bond motifs is 1. The standard InChI is InChI=1S/C28H35N5O3S2/c1-38(35,36)32-11-8-23(9-12-32)33-18-25(21-3-2-4-22(15-21)28(29)37)24-6-5-19(13-26(24)33)17-31-27(34)14-20-7-10-30-16-20/h2-6,13,15,18,20,23,30H,7-12,14,16-17H2,1H3,(H2,29,37)(H,31,34). The molecule has 5 rings (SSSR count). The molecular formula is C28H35N5O3S2. The van der Waals surface area contributed by atoms with Crippen LogP contribution < -0.4 is 16.4 Å². The van der Waals surface area contributed by atoms with Gasteiger partial charge in [-0.2, -0.15) is 0 Å². The number of amides is 1. The van der Waals surface area contributed by atoms with E-state index in [1.165, 1.54) is 6.26 Å². The number of hydrogen-bond donors (Lipinski definition) is 3. The number of carbonyl (C=O) groups is 1. The highest BCUT2D eigenvalue weighted by Gasteiger charge is 2.27. The first-order chi connectivity index (χ1) is 18.2. The fraction of sp³-hybridized carbons (Fsp3) is 0.429. The maximum absolute atomic E-state index is 12.5. The minimum atomic E-state index is -3.20. The molecular weight excluding hydrogens is 518 g/mol. The van der Waals surface area contributed by atoms with E-state index in [9.17, 15) is 13.2 Å². The first kappa shape index (κ1) is 26.8. The Kier molecular flexibility index (Phi) is 7.85. The second-order valence-electron chi connectivity index (χ2n) is 10.5. The summed E-state index contributed by atoms with van der Waals surface area (Å²) < 4.78 is 28.0. The third-order valence-corrected chi connectivity index (χ3v) is 9.31. The highest BCUT2D eigenvalue weighted by atomic mass is 32.2. The van der Waals surface area contributed by atoms with Gasteiger partial charge in [-0.05, 0) is 61.5 Å².